The van der Waals surface area contributed by atoms with Gasteiger partial charge in [0.25, 0.3) is 0 Å². The molecule has 0 aromatic heterocycles. The van der Waals surface area contributed by atoms with Gasteiger partial charge in [0, 0.05) is 17.4 Å². The number of aryl methyl sites for hydroxylation is 8. The van der Waals surface area contributed by atoms with Crippen molar-refractivity contribution in [2.75, 3.05) is 0 Å². The van der Waals surface area contributed by atoms with E-state index in [1.54, 1.807) is 36.4 Å². The lowest BCUT2D eigenvalue weighted by Crippen LogP contribution is -2.08. The fourth-order valence-electron chi connectivity index (χ4n) is 7.11. The number of hydrogen-bond donors (Lipinski definition) is 7. The minimum atomic E-state index is -0.229. The van der Waals surface area contributed by atoms with Crippen LogP contribution in [0.5, 0.6) is 40.2 Å². The molecule has 0 radical (unpaired) electrons. The van der Waals surface area contributed by atoms with Gasteiger partial charge in [-0.15, -0.1) is 0 Å². The summed E-state index contributed by atoms with van der Waals surface area (Å²) in [6.45, 7) is 15.1. The monoisotopic (exact) mass is 712 g/mol. The van der Waals surface area contributed by atoms with Gasteiger partial charge in [-0.1, -0.05) is 60.7 Å². The summed E-state index contributed by atoms with van der Waals surface area (Å²) in [5, 5.41) is 70.7. The molecule has 0 saturated heterocycles. The van der Waals surface area contributed by atoms with E-state index in [0.29, 0.717) is 0 Å². The van der Waals surface area contributed by atoms with Crippen LogP contribution in [0.4, 0.5) is 0 Å². The molecule has 0 aliphatic heterocycles. The molecule has 7 nitrogen and oxygen atoms in total. The van der Waals surface area contributed by atoms with E-state index in [9.17, 15) is 35.7 Å². The fourth-order valence-corrected chi connectivity index (χ4v) is 7.11. The van der Waals surface area contributed by atoms with Crippen molar-refractivity contribution < 1.29 is 35.7 Å². The normalized spacial score (nSPS) is 11.1. The highest BCUT2D eigenvalue weighted by molar-refractivity contribution is 5.58. The van der Waals surface area contributed by atoms with Crippen LogP contribution in [0.3, 0.4) is 0 Å². The Morgan fingerprint density at radius 3 is 1.15 bits per heavy atom. The molecule has 6 rings (SSSR count). The molecule has 0 unspecified atom stereocenters. The Morgan fingerprint density at radius 1 is 0.302 bits per heavy atom. The van der Waals surface area contributed by atoms with Gasteiger partial charge in [0.15, 0.2) is 11.5 Å². The third-order valence-electron chi connectivity index (χ3n) is 10.1. The Balaban J connectivity index is 0.000000204. The number of para-hydroxylation sites is 1. The molecule has 6 aromatic rings. The average Bonchev–Trinajstić information content (AvgIpc) is 3.09. The first kappa shape index (κ1) is 38.2. The van der Waals surface area contributed by atoms with Gasteiger partial charge in [0.1, 0.15) is 28.7 Å². The second kappa shape index (κ2) is 15.3. The summed E-state index contributed by atoms with van der Waals surface area (Å²) >= 11 is 0. The summed E-state index contributed by atoms with van der Waals surface area (Å²) < 4.78 is 0. The van der Waals surface area contributed by atoms with E-state index in [-0.39, 0.29) is 52.1 Å². The van der Waals surface area contributed by atoms with Gasteiger partial charge in [-0.2, -0.15) is 0 Å². The highest BCUT2D eigenvalue weighted by Gasteiger charge is 2.25. The fraction of sp³-hybridized carbons (Fsp3) is 0.217. The number of phenols is 7. The molecule has 0 bridgehead atoms. The first-order chi connectivity index (χ1) is 25.0. The zero-order chi connectivity index (χ0) is 38.9. The Morgan fingerprint density at radius 2 is 0.736 bits per heavy atom. The van der Waals surface area contributed by atoms with Crippen molar-refractivity contribution in [2.45, 2.75) is 67.2 Å². The second-order valence-corrected chi connectivity index (χ2v) is 14.2. The highest BCUT2D eigenvalue weighted by atomic mass is 16.3. The molecule has 0 atom stereocenters. The SMILES string of the molecule is Cc1cc(C(c2cc(C)c(O)c(C)c2)c2ccc(O)c(O)c2)cc(C)c1O.Cc1cc(C(c2cc(C)c(O)cc2C)c2ccccc2O)c(C)cc1O. The van der Waals surface area contributed by atoms with Gasteiger partial charge in [-0.3, -0.25) is 0 Å². The first-order valence-electron chi connectivity index (χ1n) is 17.5. The van der Waals surface area contributed by atoms with Crippen LogP contribution in [0.2, 0.25) is 0 Å². The minimum Gasteiger partial charge on any atom is -0.508 e. The lowest BCUT2D eigenvalue weighted by molar-refractivity contribution is 0.403. The van der Waals surface area contributed by atoms with Gasteiger partial charge < -0.3 is 35.7 Å². The molecular formula is C46H48O7. The maximum absolute atomic E-state index is 10.5. The lowest BCUT2D eigenvalue weighted by atomic mass is 9.79. The molecule has 0 aliphatic rings. The smallest absolute Gasteiger partial charge is 0.157 e. The Kier molecular flexibility index (Phi) is 11.0. The predicted molar refractivity (Wildman–Crippen MR) is 210 cm³/mol. The van der Waals surface area contributed by atoms with E-state index in [1.165, 1.54) is 6.07 Å². The molecule has 0 saturated carbocycles. The van der Waals surface area contributed by atoms with Crippen molar-refractivity contribution in [3.8, 4) is 40.2 Å². The zero-order valence-corrected chi connectivity index (χ0v) is 31.4. The summed E-state index contributed by atoms with van der Waals surface area (Å²) in [5.41, 5.74) is 12.1. The predicted octanol–water partition coefficient (Wildman–Crippen LogP) is 10.1. The van der Waals surface area contributed by atoms with Crippen molar-refractivity contribution in [3.05, 3.63) is 169 Å². The molecule has 7 N–H and O–H groups in total. The largest absolute Gasteiger partial charge is 0.508 e. The van der Waals surface area contributed by atoms with Crippen LogP contribution in [0.25, 0.3) is 0 Å². The molecule has 0 amide bonds. The number of hydrogen-bond acceptors (Lipinski definition) is 7. The van der Waals surface area contributed by atoms with Gasteiger partial charge in [0.05, 0.1) is 0 Å². The molecule has 6 aromatic carbocycles. The molecule has 0 aliphatic carbocycles. The third-order valence-corrected chi connectivity index (χ3v) is 10.1. The Bertz CT molecular complexity index is 2160. The molecule has 274 valence electrons. The number of rotatable bonds is 6. The molecule has 0 heterocycles. The summed E-state index contributed by atoms with van der Waals surface area (Å²) in [4.78, 5) is 0. The number of aromatic hydroxyl groups is 7. The molecule has 0 spiro atoms. The van der Waals surface area contributed by atoms with Crippen LogP contribution in [-0.2, 0) is 0 Å². The van der Waals surface area contributed by atoms with E-state index in [1.807, 2.05) is 104 Å². The minimum absolute atomic E-state index is 0.173. The maximum atomic E-state index is 10.5. The van der Waals surface area contributed by atoms with Crippen LogP contribution in [0.1, 0.15) is 89.7 Å². The van der Waals surface area contributed by atoms with Crippen LogP contribution < -0.4 is 0 Å². The third kappa shape index (κ3) is 7.90. The Labute approximate surface area is 311 Å². The molecular weight excluding hydrogens is 664 g/mol. The summed E-state index contributed by atoms with van der Waals surface area (Å²) in [6, 6.07) is 27.3. The first-order valence-corrected chi connectivity index (χ1v) is 17.5. The quantitative estimate of drug-likeness (QED) is 0.0673. The van der Waals surface area contributed by atoms with Gasteiger partial charge in [0.2, 0.25) is 0 Å². The van der Waals surface area contributed by atoms with Crippen LogP contribution in [0.15, 0.2) is 91.0 Å². The standard InChI is InChI=1S/C23H24O4.C23H24O3/c1-12-7-17(8-13(2)22(12)26)21(16-5-6-19(24)20(25)11-16)18-9-14(3)23(27)15(4)10-18;1-13-11-21(25)15(3)9-18(13)23(17-7-5-6-8-20(17)24)19-10-16(4)22(26)12-14(19)2/h5-11,21,24-27H,1-4H3;5-12,23-26H,1-4H3. The van der Waals surface area contributed by atoms with Crippen molar-refractivity contribution in [3.63, 3.8) is 0 Å². The topological polar surface area (TPSA) is 142 Å². The maximum Gasteiger partial charge on any atom is 0.157 e. The molecule has 53 heavy (non-hydrogen) atoms. The Hall–Kier alpha value is -6.08. The molecule has 0 fully saturated rings. The number of benzene rings is 6. The van der Waals surface area contributed by atoms with Gasteiger partial charge in [-0.05, 0) is 158 Å². The van der Waals surface area contributed by atoms with E-state index in [4.69, 9.17) is 0 Å². The van der Waals surface area contributed by atoms with Crippen LogP contribution in [0, 0.1) is 55.4 Å². The van der Waals surface area contributed by atoms with E-state index < -0.39 is 0 Å². The van der Waals surface area contributed by atoms with Crippen molar-refractivity contribution in [1.82, 2.24) is 0 Å². The number of phenolic OH excluding ortho intramolecular Hbond substituents is 7. The summed E-state index contributed by atoms with van der Waals surface area (Å²) in [5.74, 6) is 0.510. The summed E-state index contributed by atoms with van der Waals surface area (Å²) in [6.07, 6.45) is 0. The van der Waals surface area contributed by atoms with Crippen molar-refractivity contribution in [1.29, 1.82) is 0 Å². The summed E-state index contributed by atoms with van der Waals surface area (Å²) in [7, 11) is 0. The van der Waals surface area contributed by atoms with Crippen LogP contribution >= 0.6 is 0 Å². The van der Waals surface area contributed by atoms with Gasteiger partial charge in [-0.25, -0.2) is 0 Å². The van der Waals surface area contributed by atoms with Crippen LogP contribution in [-0.4, -0.2) is 35.7 Å². The van der Waals surface area contributed by atoms with Gasteiger partial charge >= 0.3 is 0 Å². The van der Waals surface area contributed by atoms with Crippen molar-refractivity contribution >= 4 is 0 Å². The van der Waals surface area contributed by atoms with E-state index in [2.05, 4.69) is 0 Å². The average molecular weight is 713 g/mol. The lowest BCUT2D eigenvalue weighted by Gasteiger charge is -2.25. The van der Waals surface area contributed by atoms with E-state index >= 15 is 0 Å². The second-order valence-electron chi connectivity index (χ2n) is 14.2. The van der Waals surface area contributed by atoms with Crippen molar-refractivity contribution in [2.24, 2.45) is 0 Å². The van der Waals surface area contributed by atoms with E-state index in [0.717, 1.165) is 77.9 Å². The highest BCUT2D eigenvalue weighted by Crippen LogP contribution is 2.43. The zero-order valence-electron chi connectivity index (χ0n) is 31.4. The molecule has 7 heteroatoms.